The molecule has 0 spiro atoms. The maximum Gasteiger partial charge on any atom is 0.0418 e. The molecule has 3 heteroatoms. The summed E-state index contributed by atoms with van der Waals surface area (Å²) in [6, 6.07) is 0.429. The number of rotatable bonds is 7. The van der Waals surface area contributed by atoms with Crippen LogP contribution in [0.15, 0.2) is 23.9 Å². The summed E-state index contributed by atoms with van der Waals surface area (Å²) in [5.41, 5.74) is 1.35. The van der Waals surface area contributed by atoms with Gasteiger partial charge in [-0.25, -0.2) is 0 Å². The van der Waals surface area contributed by atoms with Crippen molar-refractivity contribution in [2.24, 2.45) is 0 Å². The van der Waals surface area contributed by atoms with Crippen LogP contribution >= 0.6 is 11.9 Å². The lowest BCUT2D eigenvalue weighted by Gasteiger charge is -2.24. The van der Waals surface area contributed by atoms with Gasteiger partial charge in [-0.3, -0.25) is 4.72 Å². The van der Waals surface area contributed by atoms with Crippen molar-refractivity contribution in [3.8, 4) is 0 Å². The summed E-state index contributed by atoms with van der Waals surface area (Å²) in [4.78, 5) is 0. The van der Waals surface area contributed by atoms with Gasteiger partial charge >= 0.3 is 0 Å². The first-order chi connectivity index (χ1) is 7.94. The molecule has 2 nitrogen and oxygen atoms in total. The molecule has 0 amide bonds. The molecule has 0 aromatic rings. The Balaban J connectivity index is 4.53. The highest BCUT2D eigenvalue weighted by Gasteiger charge is 2.16. The lowest BCUT2D eigenvalue weighted by molar-refractivity contribution is 0.640. The molecule has 0 saturated carbocycles. The Morgan fingerprint density at radius 3 is 2.41 bits per heavy atom. The first-order valence-corrected chi connectivity index (χ1v) is 7.19. The molecular weight excluding hydrogens is 228 g/mol. The van der Waals surface area contributed by atoms with Crippen LogP contribution in [0, 0.1) is 0 Å². The third kappa shape index (κ3) is 8.33. The highest BCUT2D eigenvalue weighted by Crippen LogP contribution is 2.23. The van der Waals surface area contributed by atoms with Crippen LogP contribution in [0.1, 0.15) is 47.5 Å². The van der Waals surface area contributed by atoms with Crippen LogP contribution in [0.4, 0.5) is 0 Å². The molecule has 2 N–H and O–H groups in total. The predicted molar refractivity (Wildman–Crippen MR) is 81.1 cm³/mol. The number of hydrogen-bond donors (Lipinski definition) is 2. The molecular formula is C14H28N2S. The van der Waals surface area contributed by atoms with E-state index in [-0.39, 0.29) is 4.75 Å². The minimum atomic E-state index is 0.248. The van der Waals surface area contributed by atoms with E-state index in [4.69, 9.17) is 0 Å². The van der Waals surface area contributed by atoms with Crippen LogP contribution in [0.2, 0.25) is 0 Å². The first kappa shape index (κ1) is 16.6. The van der Waals surface area contributed by atoms with E-state index < -0.39 is 0 Å². The fraction of sp³-hybridized carbons (Fsp3) is 0.714. The zero-order valence-corrected chi connectivity index (χ0v) is 12.9. The molecule has 0 aliphatic carbocycles. The Morgan fingerprint density at radius 2 is 2.00 bits per heavy atom. The van der Waals surface area contributed by atoms with Crippen molar-refractivity contribution >= 4 is 11.9 Å². The average molecular weight is 256 g/mol. The van der Waals surface area contributed by atoms with Crippen LogP contribution < -0.4 is 10.0 Å². The molecule has 0 aromatic carbocycles. The Hall–Kier alpha value is -0.410. The van der Waals surface area contributed by atoms with E-state index in [0.717, 1.165) is 6.42 Å². The topological polar surface area (TPSA) is 24.1 Å². The van der Waals surface area contributed by atoms with Crippen molar-refractivity contribution < 1.29 is 0 Å². The summed E-state index contributed by atoms with van der Waals surface area (Å²) in [6.07, 6.45) is 8.67. The molecule has 0 saturated heterocycles. The van der Waals surface area contributed by atoms with E-state index in [1.807, 2.05) is 25.2 Å². The van der Waals surface area contributed by atoms with Crippen molar-refractivity contribution in [1.29, 1.82) is 0 Å². The van der Waals surface area contributed by atoms with Crippen molar-refractivity contribution in [3.05, 3.63) is 23.9 Å². The molecule has 0 bridgehead atoms. The highest BCUT2D eigenvalue weighted by atomic mass is 32.2. The summed E-state index contributed by atoms with van der Waals surface area (Å²) in [5.74, 6) is 0. The largest absolute Gasteiger partial charge is 0.394 e. The van der Waals surface area contributed by atoms with Gasteiger partial charge in [-0.2, -0.15) is 0 Å². The summed E-state index contributed by atoms with van der Waals surface area (Å²) >= 11 is 1.81. The predicted octanol–water partition coefficient (Wildman–Crippen LogP) is 3.87. The minimum Gasteiger partial charge on any atom is -0.394 e. The number of nitrogens with one attached hydrogen (secondary N) is 2. The van der Waals surface area contributed by atoms with Crippen LogP contribution in [0.3, 0.4) is 0 Å². The van der Waals surface area contributed by atoms with Crippen molar-refractivity contribution in [1.82, 2.24) is 10.0 Å². The quantitative estimate of drug-likeness (QED) is 0.534. The third-order valence-corrected chi connectivity index (χ3v) is 3.28. The third-order valence-electron chi connectivity index (χ3n) is 2.26. The monoisotopic (exact) mass is 256 g/mol. The van der Waals surface area contributed by atoms with Gasteiger partial charge in [-0.1, -0.05) is 31.4 Å². The fourth-order valence-electron chi connectivity index (χ4n) is 1.42. The molecule has 100 valence electrons. The van der Waals surface area contributed by atoms with Crippen LogP contribution in [0.5, 0.6) is 0 Å². The highest BCUT2D eigenvalue weighted by molar-refractivity contribution is 7.98. The molecule has 0 fully saturated rings. The van der Waals surface area contributed by atoms with Gasteiger partial charge in [0.2, 0.25) is 0 Å². The Bertz CT molecular complexity index is 251. The fourth-order valence-corrected chi connectivity index (χ4v) is 2.17. The Labute approximate surface area is 111 Å². The second kappa shape index (κ2) is 8.65. The van der Waals surface area contributed by atoms with Gasteiger partial charge in [-0.05, 0) is 52.0 Å². The van der Waals surface area contributed by atoms with Gasteiger partial charge in [-0.15, -0.1) is 0 Å². The molecule has 0 aromatic heterocycles. The SMILES string of the molecule is C/C=C(\C=C/NC)C(CCC)NSC(C)(C)C. The lowest BCUT2D eigenvalue weighted by Crippen LogP contribution is -2.29. The van der Waals surface area contributed by atoms with Gasteiger partial charge in [0.25, 0.3) is 0 Å². The Kier molecular flexibility index (Phi) is 8.44. The zero-order valence-electron chi connectivity index (χ0n) is 12.1. The molecule has 1 unspecified atom stereocenters. The van der Waals surface area contributed by atoms with Crippen LogP contribution in [-0.2, 0) is 0 Å². The van der Waals surface area contributed by atoms with Gasteiger partial charge in [0.1, 0.15) is 0 Å². The molecule has 1 atom stereocenters. The van der Waals surface area contributed by atoms with Gasteiger partial charge < -0.3 is 5.32 Å². The van der Waals surface area contributed by atoms with E-state index in [0.29, 0.717) is 6.04 Å². The maximum absolute atomic E-state index is 3.59. The smallest absolute Gasteiger partial charge is 0.0418 e. The first-order valence-electron chi connectivity index (χ1n) is 6.38. The van der Waals surface area contributed by atoms with Gasteiger partial charge in [0.15, 0.2) is 0 Å². The van der Waals surface area contributed by atoms with Crippen molar-refractivity contribution in [3.63, 3.8) is 0 Å². The minimum absolute atomic E-state index is 0.248. The zero-order chi connectivity index (χ0) is 13.3. The van der Waals surface area contributed by atoms with E-state index in [9.17, 15) is 0 Å². The second-order valence-corrected chi connectivity index (χ2v) is 6.75. The molecule has 0 rings (SSSR count). The second-order valence-electron chi connectivity index (χ2n) is 5.08. The average Bonchev–Trinajstić information content (AvgIpc) is 2.25. The van der Waals surface area contributed by atoms with Crippen LogP contribution in [-0.4, -0.2) is 17.8 Å². The van der Waals surface area contributed by atoms with E-state index >= 15 is 0 Å². The summed E-state index contributed by atoms with van der Waals surface area (Å²) < 4.78 is 3.84. The van der Waals surface area contributed by atoms with Gasteiger partial charge in [0.05, 0.1) is 0 Å². The number of allylic oxidation sites excluding steroid dienone is 1. The summed E-state index contributed by atoms with van der Waals surface area (Å²) in [7, 11) is 1.93. The van der Waals surface area contributed by atoms with Crippen molar-refractivity contribution in [2.45, 2.75) is 58.2 Å². The molecule has 0 aliphatic heterocycles. The van der Waals surface area contributed by atoms with E-state index in [1.54, 1.807) is 0 Å². The summed E-state index contributed by atoms with van der Waals surface area (Å²) in [6.45, 7) is 11.0. The molecule has 0 radical (unpaired) electrons. The van der Waals surface area contributed by atoms with E-state index in [1.165, 1.54) is 12.0 Å². The van der Waals surface area contributed by atoms with Crippen molar-refractivity contribution in [2.75, 3.05) is 7.05 Å². The van der Waals surface area contributed by atoms with Crippen LogP contribution in [0.25, 0.3) is 0 Å². The molecule has 0 heterocycles. The molecule has 0 aliphatic rings. The summed E-state index contributed by atoms with van der Waals surface area (Å²) in [5, 5.41) is 3.05. The Morgan fingerprint density at radius 1 is 1.35 bits per heavy atom. The maximum atomic E-state index is 3.59. The van der Waals surface area contributed by atoms with Gasteiger partial charge in [0, 0.05) is 17.8 Å². The molecule has 17 heavy (non-hydrogen) atoms. The standard InChI is InChI=1S/C14H28N2S/c1-7-9-13(16-17-14(3,4)5)12(8-2)10-11-15-6/h8,10-11,13,15-16H,7,9H2,1-6H3/b11-10-,12-8+. The lowest BCUT2D eigenvalue weighted by atomic mass is 10.0. The van der Waals surface area contributed by atoms with E-state index in [2.05, 4.69) is 56.8 Å². The normalized spacial score (nSPS) is 15.3. The number of hydrogen-bond acceptors (Lipinski definition) is 3.